The number of nitriles is 2. The highest BCUT2D eigenvalue weighted by atomic mass is 16.2. The van der Waals surface area contributed by atoms with Crippen LogP contribution in [0.5, 0.6) is 0 Å². The molecular weight excluding hydrogens is 294 g/mol. The molecule has 1 aliphatic heterocycles. The van der Waals surface area contributed by atoms with E-state index in [4.69, 9.17) is 10.5 Å². The summed E-state index contributed by atoms with van der Waals surface area (Å²) in [6.07, 6.45) is 0.403. The van der Waals surface area contributed by atoms with E-state index in [1.807, 2.05) is 42.5 Å². The highest BCUT2D eigenvalue weighted by Gasteiger charge is 2.27. The summed E-state index contributed by atoms with van der Waals surface area (Å²) in [5, 5.41) is 22.9. The lowest BCUT2D eigenvalue weighted by molar-refractivity contribution is -0.132. The van der Waals surface area contributed by atoms with Gasteiger partial charge in [0.15, 0.2) is 0 Å². The molecule has 116 valence electrons. The molecule has 23 heavy (non-hydrogen) atoms. The third-order valence-corrected chi connectivity index (χ3v) is 3.34. The number of benzene rings is 1. The van der Waals surface area contributed by atoms with Crippen LogP contribution in [0.25, 0.3) is 0 Å². The predicted octanol–water partition coefficient (Wildman–Crippen LogP) is 1.04. The number of rotatable bonds is 5. The topological polar surface area (TPSA) is 101 Å². The minimum absolute atomic E-state index is 0.155. The number of amides is 2. The van der Waals surface area contributed by atoms with Crippen molar-refractivity contribution in [3.05, 3.63) is 35.9 Å². The van der Waals surface area contributed by atoms with Gasteiger partial charge in [0, 0.05) is 12.8 Å². The van der Waals surface area contributed by atoms with Crippen LogP contribution in [0.15, 0.2) is 35.4 Å². The summed E-state index contributed by atoms with van der Waals surface area (Å²) in [5.41, 5.74) is 1.11. The molecule has 7 nitrogen and oxygen atoms in total. The zero-order chi connectivity index (χ0) is 16.7. The van der Waals surface area contributed by atoms with E-state index in [0.717, 1.165) is 10.5 Å². The highest BCUT2D eigenvalue weighted by Crippen LogP contribution is 2.14. The van der Waals surface area contributed by atoms with Crippen molar-refractivity contribution < 1.29 is 9.59 Å². The smallest absolute Gasteiger partial charge is 0.271 e. The first-order valence-electron chi connectivity index (χ1n) is 7.10. The molecule has 0 saturated carbocycles. The Bertz CT molecular complexity index is 683. The van der Waals surface area contributed by atoms with Gasteiger partial charge in [-0.3, -0.25) is 9.59 Å². The quantitative estimate of drug-likeness (QED) is 0.758. The van der Waals surface area contributed by atoms with E-state index in [0.29, 0.717) is 0 Å². The molecule has 0 radical (unpaired) electrons. The lowest BCUT2D eigenvalue weighted by atomic mass is 10.1. The number of hydrazone groups is 1. The molecular formula is C16H15N5O2. The molecule has 0 aliphatic carbocycles. The average molecular weight is 309 g/mol. The van der Waals surface area contributed by atoms with Crippen molar-refractivity contribution in [2.45, 2.75) is 19.4 Å². The standard InChI is InChI=1S/C16H15N5O2/c17-8-10-20(11-9-18)16(23)14-6-7-15(22)21(19-14)12-13-4-2-1-3-5-13/h1-5H,6-7,10-12H2. The third-order valence-electron chi connectivity index (χ3n) is 3.34. The van der Waals surface area contributed by atoms with Gasteiger partial charge < -0.3 is 4.90 Å². The molecule has 0 aromatic heterocycles. The first-order chi connectivity index (χ1) is 11.2. The molecule has 0 bridgehead atoms. The lowest BCUT2D eigenvalue weighted by Gasteiger charge is -2.25. The SMILES string of the molecule is N#CCN(CC#N)C(=O)C1=NN(Cc2ccccc2)C(=O)CC1. The van der Waals surface area contributed by atoms with Crippen LogP contribution in [0.2, 0.25) is 0 Å². The maximum Gasteiger partial charge on any atom is 0.271 e. The molecule has 1 aliphatic rings. The van der Waals surface area contributed by atoms with Gasteiger partial charge in [0.1, 0.15) is 18.8 Å². The molecule has 0 saturated heterocycles. The van der Waals surface area contributed by atoms with Crippen LogP contribution in [0, 0.1) is 22.7 Å². The Morgan fingerprint density at radius 3 is 2.43 bits per heavy atom. The molecule has 0 fully saturated rings. The summed E-state index contributed by atoms with van der Waals surface area (Å²) in [6, 6.07) is 13.0. The zero-order valence-corrected chi connectivity index (χ0v) is 12.5. The van der Waals surface area contributed by atoms with Crippen LogP contribution >= 0.6 is 0 Å². The maximum atomic E-state index is 12.3. The Morgan fingerprint density at radius 2 is 1.83 bits per heavy atom. The van der Waals surface area contributed by atoms with Crippen LogP contribution in [0.1, 0.15) is 18.4 Å². The summed E-state index contributed by atoms with van der Waals surface area (Å²) in [6.45, 7) is -0.0803. The monoisotopic (exact) mass is 309 g/mol. The third kappa shape index (κ3) is 4.14. The van der Waals surface area contributed by atoms with Gasteiger partial charge in [-0.1, -0.05) is 30.3 Å². The second-order valence-corrected chi connectivity index (χ2v) is 4.96. The second kappa shape index (κ2) is 7.71. The average Bonchev–Trinajstić information content (AvgIpc) is 2.57. The maximum absolute atomic E-state index is 12.3. The van der Waals surface area contributed by atoms with Crippen LogP contribution in [-0.4, -0.2) is 40.5 Å². The molecule has 1 aromatic rings. The number of nitrogens with zero attached hydrogens (tertiary/aromatic N) is 5. The summed E-state index contributed by atoms with van der Waals surface area (Å²) in [7, 11) is 0. The van der Waals surface area contributed by atoms with Crippen LogP contribution < -0.4 is 0 Å². The van der Waals surface area contributed by atoms with Gasteiger partial charge in [-0.05, 0) is 5.56 Å². The Hall–Kier alpha value is -3.19. The summed E-state index contributed by atoms with van der Waals surface area (Å²) < 4.78 is 0. The Labute approximate surface area is 134 Å². The van der Waals surface area contributed by atoms with E-state index in [1.54, 1.807) is 0 Å². The Kier molecular flexibility index (Phi) is 5.43. The van der Waals surface area contributed by atoms with Crippen molar-refractivity contribution in [3.8, 4) is 12.1 Å². The number of hydrogen-bond acceptors (Lipinski definition) is 5. The molecule has 0 spiro atoms. The fourth-order valence-corrected chi connectivity index (χ4v) is 2.19. The van der Waals surface area contributed by atoms with E-state index >= 15 is 0 Å². The van der Waals surface area contributed by atoms with E-state index in [1.165, 1.54) is 5.01 Å². The molecule has 7 heteroatoms. The molecule has 1 aromatic carbocycles. The minimum atomic E-state index is -0.473. The van der Waals surface area contributed by atoms with Gasteiger partial charge in [0.05, 0.1) is 18.7 Å². The fraction of sp³-hybridized carbons (Fsp3) is 0.312. The van der Waals surface area contributed by atoms with Gasteiger partial charge in [-0.15, -0.1) is 0 Å². The van der Waals surface area contributed by atoms with Crippen molar-refractivity contribution in [3.63, 3.8) is 0 Å². The summed E-state index contributed by atoms with van der Waals surface area (Å²) >= 11 is 0. The van der Waals surface area contributed by atoms with Crippen molar-refractivity contribution in [1.29, 1.82) is 10.5 Å². The molecule has 0 atom stereocenters. The van der Waals surface area contributed by atoms with Gasteiger partial charge in [0.2, 0.25) is 5.91 Å². The van der Waals surface area contributed by atoms with Gasteiger partial charge in [-0.2, -0.15) is 15.6 Å². The predicted molar refractivity (Wildman–Crippen MR) is 81.5 cm³/mol. The largest absolute Gasteiger partial charge is 0.311 e. The van der Waals surface area contributed by atoms with Crippen LogP contribution in [0.3, 0.4) is 0 Å². The van der Waals surface area contributed by atoms with E-state index < -0.39 is 5.91 Å². The van der Waals surface area contributed by atoms with Crippen LogP contribution in [-0.2, 0) is 16.1 Å². The van der Waals surface area contributed by atoms with E-state index in [9.17, 15) is 9.59 Å². The van der Waals surface area contributed by atoms with Gasteiger partial charge >= 0.3 is 0 Å². The van der Waals surface area contributed by atoms with Gasteiger partial charge in [-0.25, -0.2) is 5.01 Å². The zero-order valence-electron chi connectivity index (χ0n) is 12.5. The Morgan fingerprint density at radius 1 is 1.17 bits per heavy atom. The molecule has 1 heterocycles. The number of carbonyl (C=O) groups is 2. The van der Waals surface area contributed by atoms with Crippen molar-refractivity contribution in [2.75, 3.05) is 13.1 Å². The fourth-order valence-electron chi connectivity index (χ4n) is 2.19. The molecule has 0 unspecified atom stereocenters. The molecule has 0 N–H and O–H groups in total. The van der Waals surface area contributed by atoms with E-state index in [2.05, 4.69) is 5.10 Å². The van der Waals surface area contributed by atoms with Crippen molar-refractivity contribution in [2.24, 2.45) is 5.10 Å². The minimum Gasteiger partial charge on any atom is -0.311 e. The molecule has 2 amide bonds. The Balaban J connectivity index is 2.17. The number of hydrogen-bond donors (Lipinski definition) is 0. The highest BCUT2D eigenvalue weighted by molar-refractivity contribution is 6.39. The summed E-state index contributed by atoms with van der Waals surface area (Å²) in [4.78, 5) is 25.4. The first kappa shape index (κ1) is 16.2. The normalized spacial score (nSPS) is 13.7. The number of carbonyl (C=O) groups excluding carboxylic acids is 2. The van der Waals surface area contributed by atoms with Gasteiger partial charge in [0.25, 0.3) is 5.91 Å². The summed E-state index contributed by atoms with van der Waals surface area (Å²) in [5.74, 6) is -0.629. The van der Waals surface area contributed by atoms with Crippen molar-refractivity contribution in [1.82, 2.24) is 9.91 Å². The van der Waals surface area contributed by atoms with Crippen molar-refractivity contribution >= 4 is 17.5 Å². The van der Waals surface area contributed by atoms with Crippen LogP contribution in [0.4, 0.5) is 0 Å². The lowest BCUT2D eigenvalue weighted by Crippen LogP contribution is -2.41. The molecule has 2 rings (SSSR count). The first-order valence-corrected chi connectivity index (χ1v) is 7.10. The van der Waals surface area contributed by atoms with E-state index in [-0.39, 0.29) is 44.1 Å². The second-order valence-electron chi connectivity index (χ2n) is 4.96.